The zero-order valence-corrected chi connectivity index (χ0v) is 12.9. The summed E-state index contributed by atoms with van der Waals surface area (Å²) in [6.07, 6.45) is 1.37. The van der Waals surface area contributed by atoms with Gasteiger partial charge in [0.15, 0.2) is 0 Å². The number of ether oxygens (including phenoxy) is 2. The van der Waals surface area contributed by atoms with Gasteiger partial charge < -0.3 is 19.9 Å². The number of hydrogen-bond acceptors (Lipinski definition) is 4. The molecule has 2 aromatic rings. The van der Waals surface area contributed by atoms with Crippen molar-refractivity contribution in [3.63, 3.8) is 0 Å². The number of morpholine rings is 1. The van der Waals surface area contributed by atoms with Gasteiger partial charge >= 0.3 is 0 Å². The fraction of sp³-hybridized carbons (Fsp3) is 0.368. The largest absolute Gasteiger partial charge is 0.457 e. The first-order chi connectivity index (χ1) is 11.2. The van der Waals surface area contributed by atoms with Crippen molar-refractivity contribution >= 4 is 0 Å². The number of fused-ring (bicyclic) bond motifs is 2. The van der Waals surface area contributed by atoms with E-state index < -0.39 is 5.60 Å². The van der Waals surface area contributed by atoms with Crippen molar-refractivity contribution in [3.8, 4) is 11.5 Å². The van der Waals surface area contributed by atoms with Crippen LogP contribution in [0.25, 0.3) is 0 Å². The molecule has 2 bridgehead atoms. The summed E-state index contributed by atoms with van der Waals surface area (Å²) in [5.74, 6) is 1.59. The Morgan fingerprint density at radius 1 is 0.913 bits per heavy atom. The van der Waals surface area contributed by atoms with Gasteiger partial charge in [0.05, 0.1) is 18.8 Å². The van der Waals surface area contributed by atoms with Crippen molar-refractivity contribution in [2.75, 3.05) is 13.2 Å². The van der Waals surface area contributed by atoms with Crippen LogP contribution in [0.5, 0.6) is 11.5 Å². The first-order valence-corrected chi connectivity index (χ1v) is 8.11. The Morgan fingerprint density at radius 3 is 2.17 bits per heavy atom. The number of benzene rings is 2. The van der Waals surface area contributed by atoms with Crippen molar-refractivity contribution < 1.29 is 14.6 Å². The van der Waals surface area contributed by atoms with Crippen molar-refractivity contribution in [2.24, 2.45) is 0 Å². The molecule has 4 rings (SSSR count). The van der Waals surface area contributed by atoms with Gasteiger partial charge in [-0.1, -0.05) is 30.3 Å². The Morgan fingerprint density at radius 2 is 1.52 bits per heavy atom. The van der Waals surface area contributed by atoms with Crippen LogP contribution in [0.1, 0.15) is 18.4 Å². The lowest BCUT2D eigenvalue weighted by atomic mass is 9.78. The number of piperidine rings is 1. The highest BCUT2D eigenvalue weighted by Gasteiger charge is 2.42. The molecule has 2 aromatic carbocycles. The molecule has 2 N–H and O–H groups in total. The number of hydrogen-bond donors (Lipinski definition) is 2. The summed E-state index contributed by atoms with van der Waals surface area (Å²) in [5.41, 5.74) is 0.173. The molecule has 0 amide bonds. The zero-order chi connectivity index (χ0) is 15.7. The highest BCUT2D eigenvalue weighted by Crippen LogP contribution is 2.37. The first-order valence-electron chi connectivity index (χ1n) is 8.11. The highest BCUT2D eigenvalue weighted by atomic mass is 16.5. The zero-order valence-electron chi connectivity index (χ0n) is 12.9. The summed E-state index contributed by atoms with van der Waals surface area (Å²) in [6.45, 7) is 1.35. The molecule has 0 spiro atoms. The van der Waals surface area contributed by atoms with Gasteiger partial charge in [0.2, 0.25) is 0 Å². The van der Waals surface area contributed by atoms with E-state index in [9.17, 15) is 5.11 Å². The van der Waals surface area contributed by atoms with Crippen molar-refractivity contribution in [1.29, 1.82) is 0 Å². The fourth-order valence-electron chi connectivity index (χ4n) is 3.61. The topological polar surface area (TPSA) is 50.7 Å². The summed E-state index contributed by atoms with van der Waals surface area (Å²) in [5, 5.41) is 14.6. The smallest absolute Gasteiger partial charge is 0.127 e. The van der Waals surface area contributed by atoms with Crippen LogP contribution in [0.15, 0.2) is 54.6 Å². The maximum atomic E-state index is 11.1. The van der Waals surface area contributed by atoms with Crippen LogP contribution in [0.4, 0.5) is 0 Å². The minimum Gasteiger partial charge on any atom is -0.457 e. The number of para-hydroxylation sites is 1. The molecule has 120 valence electrons. The molecule has 0 aliphatic carbocycles. The minimum absolute atomic E-state index is 0.229. The molecule has 23 heavy (non-hydrogen) atoms. The summed E-state index contributed by atoms with van der Waals surface area (Å²) in [4.78, 5) is 0. The standard InChI is InChI=1S/C19H21NO3/c21-19(10-15-12-22-13-16(11-19)20-15)14-6-8-18(9-7-14)23-17-4-2-1-3-5-17/h1-9,15-16,20-21H,10-13H2. The van der Waals surface area contributed by atoms with E-state index in [1.54, 1.807) is 0 Å². The summed E-state index contributed by atoms with van der Waals surface area (Å²) >= 11 is 0. The molecule has 2 saturated heterocycles. The lowest BCUT2D eigenvalue weighted by Gasteiger charge is -2.45. The third-order valence-corrected chi connectivity index (χ3v) is 4.65. The van der Waals surface area contributed by atoms with Crippen molar-refractivity contribution in [1.82, 2.24) is 5.32 Å². The third-order valence-electron chi connectivity index (χ3n) is 4.65. The van der Waals surface area contributed by atoms with E-state index in [-0.39, 0.29) is 12.1 Å². The van der Waals surface area contributed by atoms with E-state index >= 15 is 0 Å². The molecule has 0 radical (unpaired) electrons. The maximum Gasteiger partial charge on any atom is 0.127 e. The second-order valence-corrected chi connectivity index (χ2v) is 6.48. The molecule has 2 aliphatic heterocycles. The molecule has 0 saturated carbocycles. The van der Waals surface area contributed by atoms with Crippen LogP contribution >= 0.6 is 0 Å². The second-order valence-electron chi connectivity index (χ2n) is 6.48. The van der Waals surface area contributed by atoms with Crippen molar-refractivity contribution in [2.45, 2.75) is 30.5 Å². The highest BCUT2D eigenvalue weighted by molar-refractivity contribution is 5.35. The van der Waals surface area contributed by atoms with Gasteiger partial charge in [-0.2, -0.15) is 0 Å². The minimum atomic E-state index is -0.782. The quantitative estimate of drug-likeness (QED) is 0.915. The van der Waals surface area contributed by atoms with Gasteiger partial charge in [0.25, 0.3) is 0 Å². The summed E-state index contributed by atoms with van der Waals surface area (Å²) in [6, 6.07) is 18.0. The number of nitrogens with one attached hydrogen (secondary N) is 1. The number of rotatable bonds is 3. The van der Waals surface area contributed by atoms with Crippen molar-refractivity contribution in [3.05, 3.63) is 60.2 Å². The summed E-state index contributed by atoms with van der Waals surface area (Å²) < 4.78 is 11.4. The molecule has 4 heteroatoms. The van der Waals surface area contributed by atoms with E-state index in [2.05, 4.69) is 5.32 Å². The lowest BCUT2D eigenvalue weighted by Crippen LogP contribution is -2.58. The van der Waals surface area contributed by atoms with E-state index in [0.29, 0.717) is 26.1 Å². The van der Waals surface area contributed by atoms with Crippen LogP contribution in [-0.2, 0) is 10.3 Å². The average Bonchev–Trinajstić information content (AvgIpc) is 2.56. The second kappa shape index (κ2) is 5.96. The van der Waals surface area contributed by atoms with Crippen LogP contribution in [0.2, 0.25) is 0 Å². The van der Waals surface area contributed by atoms with Crippen LogP contribution in [0.3, 0.4) is 0 Å². The van der Waals surface area contributed by atoms with Crippen LogP contribution < -0.4 is 10.1 Å². The molecule has 0 aromatic heterocycles. The van der Waals surface area contributed by atoms with E-state index in [4.69, 9.17) is 9.47 Å². The Hall–Kier alpha value is -1.88. The summed E-state index contributed by atoms with van der Waals surface area (Å²) in [7, 11) is 0. The first kappa shape index (κ1) is 14.7. The molecular formula is C19H21NO3. The Balaban J connectivity index is 1.51. The molecule has 4 nitrogen and oxygen atoms in total. The SMILES string of the molecule is OC1(c2ccc(Oc3ccccc3)cc2)CC2COCC(C1)N2. The Bertz CT molecular complexity index is 644. The lowest BCUT2D eigenvalue weighted by molar-refractivity contribution is -0.0802. The van der Waals surface area contributed by atoms with Gasteiger partial charge in [-0.15, -0.1) is 0 Å². The van der Waals surface area contributed by atoms with Gasteiger partial charge in [-0.3, -0.25) is 0 Å². The Kier molecular flexibility index (Phi) is 3.81. The van der Waals surface area contributed by atoms with Gasteiger partial charge in [-0.25, -0.2) is 0 Å². The Labute approximate surface area is 136 Å². The monoisotopic (exact) mass is 311 g/mol. The third kappa shape index (κ3) is 3.11. The van der Waals surface area contributed by atoms with Gasteiger partial charge in [0.1, 0.15) is 11.5 Å². The normalized spacial score (nSPS) is 30.0. The van der Waals surface area contributed by atoms with Gasteiger partial charge in [-0.05, 0) is 42.7 Å². The molecule has 2 fully saturated rings. The molecule has 2 atom stereocenters. The van der Waals surface area contributed by atoms with Crippen LogP contribution in [-0.4, -0.2) is 30.4 Å². The number of aliphatic hydroxyl groups is 1. The van der Waals surface area contributed by atoms with E-state index in [1.165, 1.54) is 0 Å². The van der Waals surface area contributed by atoms with Gasteiger partial charge in [0, 0.05) is 12.1 Å². The van der Waals surface area contributed by atoms with Crippen LogP contribution in [0, 0.1) is 0 Å². The predicted octanol–water partition coefficient (Wildman–Crippen LogP) is 2.82. The average molecular weight is 311 g/mol. The molecule has 2 aliphatic rings. The molecular weight excluding hydrogens is 290 g/mol. The maximum absolute atomic E-state index is 11.1. The van der Waals surface area contributed by atoms with E-state index in [1.807, 2.05) is 54.6 Å². The fourth-order valence-corrected chi connectivity index (χ4v) is 3.61. The molecule has 2 unspecified atom stereocenters. The van der Waals surface area contributed by atoms with E-state index in [0.717, 1.165) is 17.1 Å². The predicted molar refractivity (Wildman–Crippen MR) is 87.6 cm³/mol. The molecule has 2 heterocycles.